The lowest BCUT2D eigenvalue weighted by Gasteiger charge is -2.45. The second kappa shape index (κ2) is 9.15. The Kier molecular flexibility index (Phi) is 7.53. The van der Waals surface area contributed by atoms with E-state index >= 15 is 0 Å². The van der Waals surface area contributed by atoms with E-state index < -0.39 is 24.2 Å². The summed E-state index contributed by atoms with van der Waals surface area (Å²) in [5.74, 6) is 0. The van der Waals surface area contributed by atoms with Gasteiger partial charge in [0.2, 0.25) is 0 Å². The molecule has 0 nitrogen and oxygen atoms in total. The third-order valence-corrected chi connectivity index (χ3v) is 19.0. The molecule has 2 rings (SSSR count). The SMILES string of the molecule is C=C[Si](C)(C)CC(C[Si](C)(C)C[Si](C)(C)C=C)(c1ccccc1)c1ccccc1. The first-order chi connectivity index (χ1) is 13.5. The molecule has 0 N–H and O–H groups in total. The Balaban J connectivity index is 2.68. The maximum atomic E-state index is 4.24. The maximum Gasteiger partial charge on any atom is 0.0721 e. The molecule has 0 radical (unpaired) electrons. The summed E-state index contributed by atoms with van der Waals surface area (Å²) in [5, 5.41) is 0. The lowest BCUT2D eigenvalue weighted by Crippen LogP contribution is -2.47. The van der Waals surface area contributed by atoms with Crippen LogP contribution in [0.3, 0.4) is 0 Å². The molecule has 2 aromatic carbocycles. The molecule has 2 aromatic rings. The first-order valence-corrected chi connectivity index (χ1v) is 20.8. The second-order valence-corrected chi connectivity index (χ2v) is 26.1. The molecule has 0 heterocycles. The summed E-state index contributed by atoms with van der Waals surface area (Å²) in [6.45, 7) is 23.5. The highest BCUT2D eigenvalue weighted by Gasteiger charge is 2.44. The van der Waals surface area contributed by atoms with Gasteiger partial charge >= 0.3 is 0 Å². The van der Waals surface area contributed by atoms with E-state index in [1.807, 2.05) is 0 Å². The third kappa shape index (κ3) is 6.27. The van der Waals surface area contributed by atoms with Gasteiger partial charge in [0.25, 0.3) is 0 Å². The molecule has 0 aromatic heterocycles. The Labute approximate surface area is 182 Å². The number of hydrogen-bond donors (Lipinski definition) is 0. The average Bonchev–Trinajstić information content (AvgIpc) is 2.67. The quantitative estimate of drug-likeness (QED) is 0.330. The number of benzene rings is 2. The minimum Gasteiger partial charge on any atom is -0.107 e. The molecule has 0 atom stereocenters. The van der Waals surface area contributed by atoms with Gasteiger partial charge in [-0.2, -0.15) is 0 Å². The van der Waals surface area contributed by atoms with Crippen LogP contribution in [0, 0.1) is 0 Å². The van der Waals surface area contributed by atoms with Crippen molar-refractivity contribution in [3.8, 4) is 0 Å². The largest absolute Gasteiger partial charge is 0.107 e. The van der Waals surface area contributed by atoms with Crippen molar-refractivity contribution < 1.29 is 0 Å². The van der Waals surface area contributed by atoms with Crippen molar-refractivity contribution in [1.82, 2.24) is 0 Å². The molecule has 0 unspecified atom stereocenters. The Morgan fingerprint density at radius 1 is 0.655 bits per heavy atom. The molecule has 0 aliphatic carbocycles. The van der Waals surface area contributed by atoms with Crippen molar-refractivity contribution in [2.75, 3.05) is 0 Å². The first-order valence-electron chi connectivity index (χ1n) is 10.8. The molecule has 29 heavy (non-hydrogen) atoms. The number of rotatable bonds is 10. The van der Waals surface area contributed by atoms with Crippen LogP contribution in [0.1, 0.15) is 11.1 Å². The van der Waals surface area contributed by atoms with E-state index in [9.17, 15) is 0 Å². The first kappa shape index (κ1) is 23.8. The lowest BCUT2D eigenvalue weighted by molar-refractivity contribution is 0.618. The van der Waals surface area contributed by atoms with Crippen molar-refractivity contribution in [3.63, 3.8) is 0 Å². The van der Waals surface area contributed by atoms with Crippen LogP contribution >= 0.6 is 0 Å². The zero-order valence-electron chi connectivity index (χ0n) is 19.5. The highest BCUT2D eigenvalue weighted by molar-refractivity contribution is 6.97. The van der Waals surface area contributed by atoms with Gasteiger partial charge in [0, 0.05) is 13.5 Å². The van der Waals surface area contributed by atoms with E-state index in [0.717, 1.165) is 0 Å². The van der Waals surface area contributed by atoms with E-state index in [1.54, 1.807) is 0 Å². The average molecular weight is 437 g/mol. The summed E-state index contributed by atoms with van der Waals surface area (Å²) >= 11 is 0. The van der Waals surface area contributed by atoms with E-state index in [1.165, 1.54) is 28.9 Å². The van der Waals surface area contributed by atoms with E-state index in [2.05, 4.69) is 125 Å². The van der Waals surface area contributed by atoms with Crippen LogP contribution in [0.2, 0.25) is 57.0 Å². The predicted molar refractivity (Wildman–Crippen MR) is 141 cm³/mol. The van der Waals surface area contributed by atoms with E-state index in [4.69, 9.17) is 0 Å². The molecule has 0 saturated heterocycles. The van der Waals surface area contributed by atoms with Crippen LogP contribution in [0.25, 0.3) is 0 Å². The predicted octanol–water partition coefficient (Wildman–Crippen LogP) is 8.09. The highest BCUT2D eigenvalue weighted by atomic mass is 28.4. The molecule has 0 amide bonds. The summed E-state index contributed by atoms with van der Waals surface area (Å²) < 4.78 is 0. The summed E-state index contributed by atoms with van der Waals surface area (Å²) in [5.41, 5.74) is 8.98. The van der Waals surface area contributed by atoms with Gasteiger partial charge in [0.1, 0.15) is 0 Å². The Bertz CT molecular complexity index is 765. The summed E-state index contributed by atoms with van der Waals surface area (Å²) in [7, 11) is -4.43. The van der Waals surface area contributed by atoms with Crippen LogP contribution in [0.15, 0.2) is 85.2 Å². The molecule has 0 fully saturated rings. The topological polar surface area (TPSA) is 0 Å². The Morgan fingerprint density at radius 3 is 1.45 bits per heavy atom. The maximum absolute atomic E-state index is 4.24. The minimum absolute atomic E-state index is 0.0633. The molecular formula is C26H40Si3. The van der Waals surface area contributed by atoms with Gasteiger partial charge in [0.15, 0.2) is 0 Å². The van der Waals surface area contributed by atoms with Gasteiger partial charge in [0.05, 0.1) is 16.1 Å². The minimum atomic E-state index is -1.57. The Morgan fingerprint density at radius 2 is 1.07 bits per heavy atom. The van der Waals surface area contributed by atoms with Crippen LogP contribution in [0.4, 0.5) is 0 Å². The summed E-state index contributed by atoms with van der Waals surface area (Å²) in [6, 6.07) is 25.1. The molecule has 156 valence electrons. The lowest BCUT2D eigenvalue weighted by atomic mass is 9.77. The Hall–Kier alpha value is -1.43. The molecule has 0 saturated carbocycles. The molecule has 0 aliphatic rings. The van der Waals surface area contributed by atoms with Crippen LogP contribution < -0.4 is 0 Å². The van der Waals surface area contributed by atoms with Crippen LogP contribution in [-0.4, -0.2) is 24.2 Å². The fraction of sp³-hybridized carbons (Fsp3) is 0.385. The van der Waals surface area contributed by atoms with Gasteiger partial charge in [-0.25, -0.2) is 0 Å². The second-order valence-electron chi connectivity index (χ2n) is 10.9. The molecule has 0 spiro atoms. The molecule has 0 bridgehead atoms. The molecular weight excluding hydrogens is 397 g/mol. The van der Waals surface area contributed by atoms with Crippen molar-refractivity contribution >= 4 is 24.2 Å². The van der Waals surface area contributed by atoms with Crippen molar-refractivity contribution in [3.05, 3.63) is 96.3 Å². The smallest absolute Gasteiger partial charge is 0.0721 e. The zero-order valence-corrected chi connectivity index (χ0v) is 22.5. The van der Waals surface area contributed by atoms with E-state index in [0.29, 0.717) is 0 Å². The van der Waals surface area contributed by atoms with Gasteiger partial charge in [-0.3, -0.25) is 0 Å². The van der Waals surface area contributed by atoms with Gasteiger partial charge < -0.3 is 0 Å². The monoisotopic (exact) mass is 436 g/mol. The molecule has 0 aliphatic heterocycles. The van der Waals surface area contributed by atoms with Gasteiger partial charge in [-0.05, 0) is 23.2 Å². The van der Waals surface area contributed by atoms with Crippen LogP contribution in [-0.2, 0) is 5.41 Å². The standard InChI is InChI=1S/C26H40Si3/c1-9-27(3,4)21-26(24-17-13-11-14-18-24,25-19-15-12-16-20-25)22-29(7,8)23-28(5,6)10-2/h9-20H,1-2,21-23H2,3-8H3. The highest BCUT2D eigenvalue weighted by Crippen LogP contribution is 2.47. The van der Waals surface area contributed by atoms with Gasteiger partial charge in [-0.1, -0.05) is 106 Å². The van der Waals surface area contributed by atoms with Gasteiger partial charge in [-0.15, -0.1) is 24.6 Å². The van der Waals surface area contributed by atoms with Crippen molar-refractivity contribution in [2.45, 2.75) is 62.5 Å². The zero-order chi connectivity index (χ0) is 21.8. The normalized spacial score (nSPS) is 13.2. The van der Waals surface area contributed by atoms with Crippen molar-refractivity contribution in [2.24, 2.45) is 0 Å². The fourth-order valence-electron chi connectivity index (χ4n) is 5.19. The fourth-order valence-corrected chi connectivity index (χ4v) is 20.8. The van der Waals surface area contributed by atoms with E-state index in [-0.39, 0.29) is 5.41 Å². The van der Waals surface area contributed by atoms with Crippen molar-refractivity contribution in [1.29, 1.82) is 0 Å². The number of hydrogen-bond acceptors (Lipinski definition) is 0. The van der Waals surface area contributed by atoms with Crippen LogP contribution in [0.5, 0.6) is 0 Å². The summed E-state index contributed by atoms with van der Waals surface area (Å²) in [4.78, 5) is 0. The summed E-state index contributed by atoms with van der Waals surface area (Å²) in [6.07, 6.45) is 0. The molecule has 3 heteroatoms. The third-order valence-electron chi connectivity index (χ3n) is 6.23.